The van der Waals surface area contributed by atoms with Gasteiger partial charge in [0.1, 0.15) is 0 Å². The van der Waals surface area contributed by atoms with Crippen molar-refractivity contribution < 1.29 is 13.2 Å². The third kappa shape index (κ3) is 4.46. The molecule has 6 nitrogen and oxygen atoms in total. The van der Waals surface area contributed by atoms with E-state index in [0.29, 0.717) is 25.9 Å². The number of carbonyl (C=O) groups excluding carboxylic acids is 1. The number of rotatable bonds is 4. The minimum Gasteiger partial charge on any atom is -0.351 e. The Morgan fingerprint density at radius 1 is 1.23 bits per heavy atom. The highest BCUT2D eigenvalue weighted by Crippen LogP contribution is 2.28. The molecule has 2 heterocycles. The SMILES string of the molecule is CS(=O)(=O)C1(C(=O)NCc2cnc3ccccc3c2)CCNCC1.Cl.Cl. The maximum atomic E-state index is 12.7. The molecule has 0 aliphatic carbocycles. The van der Waals surface area contributed by atoms with E-state index in [1.54, 1.807) is 6.20 Å². The summed E-state index contributed by atoms with van der Waals surface area (Å²) < 4.78 is 23.1. The van der Waals surface area contributed by atoms with Gasteiger partial charge in [-0.1, -0.05) is 18.2 Å². The molecule has 0 atom stereocenters. The third-order valence-corrected chi connectivity index (χ3v) is 6.65. The van der Waals surface area contributed by atoms with Crippen LogP contribution in [0.15, 0.2) is 36.5 Å². The lowest BCUT2D eigenvalue weighted by Crippen LogP contribution is -2.57. The van der Waals surface area contributed by atoms with Gasteiger partial charge >= 0.3 is 0 Å². The maximum Gasteiger partial charge on any atom is 0.241 e. The van der Waals surface area contributed by atoms with Crippen LogP contribution < -0.4 is 10.6 Å². The number of sulfone groups is 1. The van der Waals surface area contributed by atoms with Gasteiger partial charge in [0.2, 0.25) is 5.91 Å². The third-order valence-electron chi connectivity index (χ3n) is 4.63. The molecule has 1 fully saturated rings. The molecule has 1 aliphatic heterocycles. The standard InChI is InChI=1S/C17H21N3O3S.2ClH/c1-24(22,23)17(6-8-18-9-7-17)16(21)20-12-13-10-14-4-2-3-5-15(14)19-11-13;;/h2-5,10-11,18H,6-9,12H2,1H3,(H,20,21);2*1H. The van der Waals surface area contributed by atoms with Gasteiger partial charge in [-0.15, -0.1) is 24.8 Å². The second kappa shape index (κ2) is 8.99. The Morgan fingerprint density at radius 3 is 2.54 bits per heavy atom. The van der Waals surface area contributed by atoms with Crippen molar-refractivity contribution in [3.05, 3.63) is 42.1 Å². The maximum absolute atomic E-state index is 12.7. The molecule has 9 heteroatoms. The summed E-state index contributed by atoms with van der Waals surface area (Å²) in [6.07, 6.45) is 3.45. The molecule has 1 amide bonds. The first kappa shape index (κ1) is 22.6. The summed E-state index contributed by atoms with van der Waals surface area (Å²) in [6.45, 7) is 1.32. The second-order valence-electron chi connectivity index (χ2n) is 6.24. The van der Waals surface area contributed by atoms with Crippen LogP contribution in [0.3, 0.4) is 0 Å². The van der Waals surface area contributed by atoms with E-state index < -0.39 is 20.5 Å². The smallest absolute Gasteiger partial charge is 0.241 e. The summed E-state index contributed by atoms with van der Waals surface area (Å²) in [5, 5.41) is 6.89. The lowest BCUT2D eigenvalue weighted by atomic mass is 9.95. The topological polar surface area (TPSA) is 88.2 Å². The van der Waals surface area contributed by atoms with Crippen molar-refractivity contribution in [2.24, 2.45) is 0 Å². The summed E-state index contributed by atoms with van der Waals surface area (Å²) in [6, 6.07) is 9.69. The highest BCUT2D eigenvalue weighted by atomic mass is 35.5. The van der Waals surface area contributed by atoms with Crippen molar-refractivity contribution in [3.8, 4) is 0 Å². The molecular formula is C17H23Cl2N3O3S. The van der Waals surface area contributed by atoms with Crippen LogP contribution in [0.1, 0.15) is 18.4 Å². The van der Waals surface area contributed by atoms with Gasteiger partial charge in [-0.05, 0) is 43.6 Å². The number of aromatic nitrogens is 1. The number of hydrogen-bond donors (Lipinski definition) is 2. The van der Waals surface area contributed by atoms with Gasteiger partial charge in [0, 0.05) is 24.4 Å². The Kier molecular flexibility index (Phi) is 7.83. The number of piperidine rings is 1. The molecule has 1 aromatic heterocycles. The van der Waals surface area contributed by atoms with Gasteiger partial charge in [0.15, 0.2) is 14.6 Å². The number of halogens is 2. The molecule has 26 heavy (non-hydrogen) atoms. The number of nitrogens with zero attached hydrogens (tertiary/aromatic N) is 1. The van der Waals surface area contributed by atoms with Gasteiger partial charge in [-0.2, -0.15) is 0 Å². The van der Waals surface area contributed by atoms with Gasteiger partial charge in [-0.25, -0.2) is 8.42 Å². The highest BCUT2D eigenvalue weighted by Gasteiger charge is 2.48. The van der Waals surface area contributed by atoms with Crippen molar-refractivity contribution in [2.45, 2.75) is 24.1 Å². The number of amides is 1. The number of fused-ring (bicyclic) bond motifs is 1. The lowest BCUT2D eigenvalue weighted by Gasteiger charge is -2.34. The summed E-state index contributed by atoms with van der Waals surface area (Å²) in [5.74, 6) is -0.417. The molecule has 0 radical (unpaired) electrons. The first-order valence-electron chi connectivity index (χ1n) is 7.95. The zero-order valence-corrected chi connectivity index (χ0v) is 16.8. The van der Waals surface area contributed by atoms with Gasteiger partial charge in [0.05, 0.1) is 5.52 Å². The van der Waals surface area contributed by atoms with Crippen LogP contribution in [0.5, 0.6) is 0 Å². The molecule has 2 aromatic rings. The van der Waals surface area contributed by atoms with E-state index in [4.69, 9.17) is 0 Å². The van der Waals surface area contributed by atoms with E-state index in [-0.39, 0.29) is 31.4 Å². The van der Waals surface area contributed by atoms with Crippen LogP contribution in [-0.2, 0) is 21.2 Å². The molecule has 0 unspecified atom stereocenters. The number of para-hydroxylation sites is 1. The molecule has 1 aliphatic rings. The van der Waals surface area contributed by atoms with Gasteiger partial charge < -0.3 is 10.6 Å². The molecule has 144 valence electrons. The van der Waals surface area contributed by atoms with E-state index in [0.717, 1.165) is 22.7 Å². The van der Waals surface area contributed by atoms with Crippen molar-refractivity contribution in [1.29, 1.82) is 0 Å². The van der Waals surface area contributed by atoms with Crippen LogP contribution in [-0.4, -0.2) is 43.4 Å². The van der Waals surface area contributed by atoms with Crippen molar-refractivity contribution in [3.63, 3.8) is 0 Å². The zero-order valence-electron chi connectivity index (χ0n) is 14.4. The molecular weight excluding hydrogens is 397 g/mol. The Bertz CT molecular complexity index is 868. The Morgan fingerprint density at radius 2 is 1.88 bits per heavy atom. The van der Waals surface area contributed by atoms with Crippen LogP contribution >= 0.6 is 24.8 Å². The minimum atomic E-state index is -3.49. The predicted molar refractivity (Wildman–Crippen MR) is 108 cm³/mol. The van der Waals surface area contributed by atoms with Gasteiger partial charge in [-0.3, -0.25) is 9.78 Å². The van der Waals surface area contributed by atoms with Gasteiger partial charge in [0.25, 0.3) is 0 Å². The van der Waals surface area contributed by atoms with Crippen molar-refractivity contribution >= 4 is 51.5 Å². The van der Waals surface area contributed by atoms with Crippen LogP contribution in [0.4, 0.5) is 0 Å². The van der Waals surface area contributed by atoms with E-state index in [1.165, 1.54) is 0 Å². The molecule has 0 bridgehead atoms. The predicted octanol–water partition coefficient (Wildman–Crippen LogP) is 1.86. The largest absolute Gasteiger partial charge is 0.351 e. The number of hydrogen-bond acceptors (Lipinski definition) is 5. The summed E-state index contributed by atoms with van der Waals surface area (Å²) in [5.41, 5.74) is 1.73. The highest BCUT2D eigenvalue weighted by molar-refractivity contribution is 7.92. The average molecular weight is 420 g/mol. The summed E-state index contributed by atoms with van der Waals surface area (Å²) in [7, 11) is -3.49. The van der Waals surface area contributed by atoms with E-state index >= 15 is 0 Å². The molecule has 3 rings (SSSR count). The minimum absolute atomic E-state index is 0. The second-order valence-corrected chi connectivity index (χ2v) is 8.56. The van der Waals surface area contributed by atoms with Crippen LogP contribution in [0, 0.1) is 0 Å². The summed E-state index contributed by atoms with van der Waals surface area (Å²) in [4.78, 5) is 17.0. The fourth-order valence-corrected chi connectivity index (χ4v) is 4.51. The van der Waals surface area contributed by atoms with E-state index in [1.807, 2.05) is 30.3 Å². The number of benzene rings is 1. The lowest BCUT2D eigenvalue weighted by molar-refractivity contribution is -0.124. The first-order chi connectivity index (χ1) is 11.4. The van der Waals surface area contributed by atoms with Crippen molar-refractivity contribution in [1.82, 2.24) is 15.6 Å². The number of pyridine rings is 1. The Hall–Kier alpha value is -1.41. The fraction of sp³-hybridized carbons (Fsp3) is 0.412. The molecule has 0 spiro atoms. The first-order valence-corrected chi connectivity index (χ1v) is 9.84. The number of nitrogens with one attached hydrogen (secondary N) is 2. The number of carbonyl (C=O) groups is 1. The normalized spacial score (nSPS) is 16.2. The van der Waals surface area contributed by atoms with E-state index in [2.05, 4.69) is 15.6 Å². The average Bonchev–Trinajstić information content (AvgIpc) is 2.59. The quantitative estimate of drug-likeness (QED) is 0.789. The van der Waals surface area contributed by atoms with Crippen LogP contribution in [0.2, 0.25) is 0 Å². The van der Waals surface area contributed by atoms with Crippen LogP contribution in [0.25, 0.3) is 10.9 Å². The molecule has 1 saturated heterocycles. The Labute approximate surface area is 165 Å². The van der Waals surface area contributed by atoms with Crippen molar-refractivity contribution in [2.75, 3.05) is 19.3 Å². The molecule has 0 saturated carbocycles. The molecule has 2 N–H and O–H groups in total. The van der Waals surface area contributed by atoms with E-state index in [9.17, 15) is 13.2 Å². The summed E-state index contributed by atoms with van der Waals surface area (Å²) >= 11 is 0. The monoisotopic (exact) mass is 419 g/mol. The Balaban J connectivity index is 0.00000169. The molecule has 1 aromatic carbocycles. The fourth-order valence-electron chi connectivity index (χ4n) is 3.15. The zero-order chi connectivity index (χ0) is 17.2.